The molecule has 0 spiro atoms. The number of carbonyl (C=O) groups excluding carboxylic acids is 2. The Morgan fingerprint density at radius 3 is 2.70 bits per heavy atom. The number of allylic oxidation sites excluding steroid dienone is 1. The minimum Gasteiger partial charge on any atom is -0.466 e. The van der Waals surface area contributed by atoms with Gasteiger partial charge in [-0.1, -0.05) is 6.07 Å². The zero-order valence-electron chi connectivity index (χ0n) is 11.3. The number of nitrogens with zero attached hydrogens (tertiary/aromatic N) is 1. The maximum Gasteiger partial charge on any atom is 0.313 e. The Labute approximate surface area is 116 Å². The third kappa shape index (κ3) is 4.64. The van der Waals surface area contributed by atoms with Gasteiger partial charge in [-0.25, -0.2) is 0 Å². The van der Waals surface area contributed by atoms with Gasteiger partial charge in [-0.05, 0) is 37.6 Å². The predicted octanol–water partition coefficient (Wildman–Crippen LogP) is 2.44. The Kier molecular flexibility index (Phi) is 5.58. The predicted molar refractivity (Wildman–Crippen MR) is 73.1 cm³/mol. The van der Waals surface area contributed by atoms with Gasteiger partial charge in [0, 0.05) is 6.07 Å². The van der Waals surface area contributed by atoms with Gasteiger partial charge in [0.25, 0.3) is 5.69 Å². The van der Waals surface area contributed by atoms with Gasteiger partial charge < -0.3 is 4.74 Å². The van der Waals surface area contributed by atoms with Crippen LogP contribution < -0.4 is 0 Å². The van der Waals surface area contributed by atoms with Crippen molar-refractivity contribution in [3.63, 3.8) is 0 Å². The molecule has 0 aromatic heterocycles. The zero-order chi connectivity index (χ0) is 15.1. The molecule has 0 heterocycles. The fraction of sp³-hybridized carbons (Fsp3) is 0.286. The Hall–Kier alpha value is -2.50. The van der Waals surface area contributed by atoms with E-state index in [-0.39, 0.29) is 18.7 Å². The van der Waals surface area contributed by atoms with Crippen LogP contribution >= 0.6 is 0 Å². The summed E-state index contributed by atoms with van der Waals surface area (Å²) in [7, 11) is 0. The van der Waals surface area contributed by atoms with Crippen LogP contribution in [0.5, 0.6) is 0 Å². The van der Waals surface area contributed by atoms with Gasteiger partial charge >= 0.3 is 5.97 Å². The number of hydrogen-bond donors (Lipinski definition) is 0. The standard InChI is InChI=1S/C14H15NO5/c1-3-20-14(17)9-12(16)7-6-11-5-4-10(2)8-13(11)15(18)19/h4-8H,3,9H2,1-2H3. The van der Waals surface area contributed by atoms with Gasteiger partial charge in [0.05, 0.1) is 17.1 Å². The molecule has 20 heavy (non-hydrogen) atoms. The van der Waals surface area contributed by atoms with Crippen LogP contribution in [0.15, 0.2) is 24.3 Å². The number of rotatable bonds is 6. The molecule has 0 bridgehead atoms. The van der Waals surface area contributed by atoms with Crippen molar-refractivity contribution in [2.24, 2.45) is 0 Å². The van der Waals surface area contributed by atoms with Crippen LogP contribution in [0.4, 0.5) is 5.69 Å². The summed E-state index contributed by atoms with van der Waals surface area (Å²) in [5, 5.41) is 10.9. The van der Waals surface area contributed by atoms with Crippen molar-refractivity contribution in [1.82, 2.24) is 0 Å². The first-order valence-corrected chi connectivity index (χ1v) is 6.05. The molecular formula is C14H15NO5. The van der Waals surface area contributed by atoms with E-state index in [1.807, 2.05) is 0 Å². The summed E-state index contributed by atoms with van der Waals surface area (Å²) < 4.78 is 4.64. The SMILES string of the molecule is CCOC(=O)CC(=O)C=Cc1ccc(C)cc1[N+](=O)[O-]. The minimum absolute atomic E-state index is 0.0785. The third-order valence-corrected chi connectivity index (χ3v) is 2.46. The largest absolute Gasteiger partial charge is 0.466 e. The highest BCUT2D eigenvalue weighted by atomic mass is 16.6. The van der Waals surface area contributed by atoms with Gasteiger partial charge in [0.2, 0.25) is 0 Å². The lowest BCUT2D eigenvalue weighted by Gasteiger charge is -2.00. The van der Waals surface area contributed by atoms with Gasteiger partial charge in [0.1, 0.15) is 6.42 Å². The van der Waals surface area contributed by atoms with Crippen molar-refractivity contribution in [3.05, 3.63) is 45.5 Å². The fourth-order valence-corrected chi connectivity index (χ4v) is 1.55. The van der Waals surface area contributed by atoms with Crippen LogP contribution in [-0.2, 0) is 14.3 Å². The maximum atomic E-state index is 11.5. The highest BCUT2D eigenvalue weighted by Gasteiger charge is 2.12. The number of benzene rings is 1. The van der Waals surface area contributed by atoms with E-state index in [1.54, 1.807) is 26.0 Å². The summed E-state index contributed by atoms with van der Waals surface area (Å²) in [6, 6.07) is 4.69. The van der Waals surface area contributed by atoms with Crippen LogP contribution in [0, 0.1) is 17.0 Å². The van der Waals surface area contributed by atoms with E-state index >= 15 is 0 Å². The molecule has 106 valence electrons. The molecular weight excluding hydrogens is 262 g/mol. The third-order valence-electron chi connectivity index (χ3n) is 2.46. The quantitative estimate of drug-likeness (QED) is 0.262. The zero-order valence-corrected chi connectivity index (χ0v) is 11.3. The summed E-state index contributed by atoms with van der Waals surface area (Å²) in [4.78, 5) is 33.0. The molecule has 0 saturated heterocycles. The van der Waals surface area contributed by atoms with Gasteiger partial charge in [-0.15, -0.1) is 0 Å². The van der Waals surface area contributed by atoms with Crippen molar-refractivity contribution in [3.8, 4) is 0 Å². The first-order chi connectivity index (χ1) is 9.43. The lowest BCUT2D eigenvalue weighted by atomic mass is 10.1. The molecule has 6 nitrogen and oxygen atoms in total. The molecule has 0 unspecified atom stereocenters. The van der Waals surface area contributed by atoms with Gasteiger partial charge in [0.15, 0.2) is 5.78 Å². The Bertz CT molecular complexity index is 563. The van der Waals surface area contributed by atoms with E-state index in [1.165, 1.54) is 12.1 Å². The van der Waals surface area contributed by atoms with Crippen molar-refractivity contribution in [2.75, 3.05) is 6.61 Å². The topological polar surface area (TPSA) is 86.5 Å². The van der Waals surface area contributed by atoms with Crippen LogP contribution in [0.1, 0.15) is 24.5 Å². The van der Waals surface area contributed by atoms with Crippen LogP contribution in [-0.4, -0.2) is 23.3 Å². The Morgan fingerprint density at radius 2 is 2.10 bits per heavy atom. The Balaban J connectivity index is 2.82. The molecule has 0 radical (unpaired) electrons. The summed E-state index contributed by atoms with van der Waals surface area (Å²) in [6.45, 7) is 3.60. The smallest absolute Gasteiger partial charge is 0.313 e. The highest BCUT2D eigenvalue weighted by Crippen LogP contribution is 2.21. The van der Waals surface area contributed by atoms with Crippen LogP contribution in [0.25, 0.3) is 6.08 Å². The summed E-state index contributed by atoms with van der Waals surface area (Å²) >= 11 is 0. The van der Waals surface area contributed by atoms with E-state index < -0.39 is 16.7 Å². The molecule has 6 heteroatoms. The van der Waals surface area contributed by atoms with E-state index in [4.69, 9.17) is 0 Å². The number of ketones is 1. The molecule has 0 N–H and O–H groups in total. The first-order valence-electron chi connectivity index (χ1n) is 6.05. The number of aryl methyl sites for hydroxylation is 1. The van der Waals surface area contributed by atoms with Crippen molar-refractivity contribution in [2.45, 2.75) is 20.3 Å². The van der Waals surface area contributed by atoms with E-state index in [2.05, 4.69) is 4.74 Å². The number of carbonyl (C=O) groups is 2. The van der Waals surface area contributed by atoms with Gasteiger partial charge in [-0.3, -0.25) is 19.7 Å². The fourth-order valence-electron chi connectivity index (χ4n) is 1.55. The van der Waals surface area contributed by atoms with Crippen molar-refractivity contribution < 1.29 is 19.2 Å². The second kappa shape index (κ2) is 7.18. The summed E-state index contributed by atoms with van der Waals surface area (Å²) in [5.74, 6) is -1.07. The number of hydrogen-bond acceptors (Lipinski definition) is 5. The van der Waals surface area contributed by atoms with Gasteiger partial charge in [-0.2, -0.15) is 0 Å². The molecule has 0 amide bonds. The van der Waals surface area contributed by atoms with E-state index in [0.717, 1.165) is 11.6 Å². The average Bonchev–Trinajstić information content (AvgIpc) is 2.37. The molecule has 0 aliphatic heterocycles. The van der Waals surface area contributed by atoms with Crippen LogP contribution in [0.3, 0.4) is 0 Å². The van der Waals surface area contributed by atoms with E-state index in [0.29, 0.717) is 5.56 Å². The monoisotopic (exact) mass is 277 g/mol. The molecule has 0 aliphatic carbocycles. The Morgan fingerprint density at radius 1 is 1.40 bits per heavy atom. The average molecular weight is 277 g/mol. The molecule has 1 rings (SSSR count). The normalized spacial score (nSPS) is 10.5. The van der Waals surface area contributed by atoms with Crippen molar-refractivity contribution in [1.29, 1.82) is 0 Å². The lowest BCUT2D eigenvalue weighted by Crippen LogP contribution is -2.09. The number of ether oxygens (including phenoxy) is 1. The summed E-state index contributed by atoms with van der Waals surface area (Å²) in [6.07, 6.45) is 2.11. The van der Waals surface area contributed by atoms with Crippen LogP contribution in [0.2, 0.25) is 0 Å². The highest BCUT2D eigenvalue weighted by molar-refractivity contribution is 6.04. The summed E-state index contributed by atoms with van der Waals surface area (Å²) in [5.41, 5.74) is 0.995. The maximum absolute atomic E-state index is 11.5. The molecule has 1 aromatic carbocycles. The second-order valence-electron chi connectivity index (χ2n) is 4.10. The minimum atomic E-state index is -0.611. The van der Waals surface area contributed by atoms with Crippen molar-refractivity contribution >= 4 is 23.5 Å². The molecule has 0 fully saturated rings. The molecule has 0 atom stereocenters. The number of nitro benzene ring substituents is 1. The number of nitro groups is 1. The first kappa shape index (κ1) is 15.6. The molecule has 1 aromatic rings. The lowest BCUT2D eigenvalue weighted by molar-refractivity contribution is -0.385. The second-order valence-corrected chi connectivity index (χ2v) is 4.10. The molecule has 0 aliphatic rings. The number of esters is 1. The van der Waals surface area contributed by atoms with E-state index in [9.17, 15) is 19.7 Å². The molecule has 0 saturated carbocycles.